The summed E-state index contributed by atoms with van der Waals surface area (Å²) in [6.45, 7) is 10.7. The van der Waals surface area contributed by atoms with Crippen molar-refractivity contribution in [2.45, 2.75) is 52.7 Å². The molecule has 1 fully saturated rings. The fraction of sp³-hybridized carbons (Fsp3) is 0.440. The van der Waals surface area contributed by atoms with Crippen molar-refractivity contribution in [2.75, 3.05) is 29.4 Å². The van der Waals surface area contributed by atoms with E-state index < -0.39 is 0 Å². The van der Waals surface area contributed by atoms with Crippen molar-refractivity contribution in [1.29, 1.82) is 0 Å². The van der Waals surface area contributed by atoms with Gasteiger partial charge in [0.2, 0.25) is 5.95 Å². The maximum atomic E-state index is 9.84. The van der Waals surface area contributed by atoms with E-state index in [2.05, 4.69) is 54.6 Å². The zero-order valence-corrected chi connectivity index (χ0v) is 19.2. The number of aryl methyl sites for hydroxylation is 3. The minimum atomic E-state index is -0.280. The third-order valence-electron chi connectivity index (χ3n) is 6.69. The molecule has 3 aromatic rings. The maximum absolute atomic E-state index is 9.84. The van der Waals surface area contributed by atoms with Crippen LogP contribution in [-0.4, -0.2) is 50.8 Å². The van der Waals surface area contributed by atoms with E-state index >= 15 is 0 Å². The lowest BCUT2D eigenvalue weighted by molar-refractivity contribution is 0.198. The Balaban J connectivity index is 1.44. The summed E-state index contributed by atoms with van der Waals surface area (Å²) in [6.07, 6.45) is 7.18. The molecule has 7 nitrogen and oxygen atoms in total. The van der Waals surface area contributed by atoms with Crippen LogP contribution in [0.4, 0.5) is 11.8 Å². The number of β-amino-alcohol motifs (C(OH)–C–C–N with tert-alkyl or cyclic N) is 1. The first-order valence-corrected chi connectivity index (χ1v) is 11.4. The molecule has 0 aromatic carbocycles. The average molecular weight is 431 g/mol. The number of fused-ring (bicyclic) bond motifs is 1. The molecule has 0 aliphatic carbocycles. The Kier molecular flexibility index (Phi) is 5.29. The second-order valence-corrected chi connectivity index (χ2v) is 9.12. The first kappa shape index (κ1) is 20.8. The van der Waals surface area contributed by atoms with E-state index in [1.165, 1.54) is 11.1 Å². The summed E-state index contributed by atoms with van der Waals surface area (Å²) in [6, 6.07) is 4.48. The number of hydrogen-bond donors (Lipinski definition) is 1. The molecule has 0 bridgehead atoms. The van der Waals surface area contributed by atoms with Crippen LogP contribution in [-0.2, 0) is 6.42 Å². The van der Waals surface area contributed by atoms with Gasteiger partial charge >= 0.3 is 0 Å². The third-order valence-corrected chi connectivity index (χ3v) is 6.69. The topological polar surface area (TPSA) is 78.3 Å². The summed E-state index contributed by atoms with van der Waals surface area (Å²) < 4.78 is 0. The van der Waals surface area contributed by atoms with Gasteiger partial charge in [-0.05, 0) is 56.9 Å². The quantitative estimate of drug-likeness (QED) is 0.681. The average Bonchev–Trinajstić information content (AvgIpc) is 3.21. The standard InChI is InChI=1S/C25H30N6O/c1-15-9-16(2)24(27-11-15)20-10-23(26-12-17(20)3)31-8-6-22-21(18(31)4)13-28-25(29-22)30-7-5-19(32)14-30/h9-13,18-19,32H,5-8,14H2,1-4H3. The minimum absolute atomic E-state index is 0.132. The Morgan fingerprint density at radius 3 is 2.56 bits per heavy atom. The molecule has 1 saturated heterocycles. The zero-order valence-electron chi connectivity index (χ0n) is 19.2. The van der Waals surface area contributed by atoms with Crippen LogP contribution in [0.15, 0.2) is 30.7 Å². The van der Waals surface area contributed by atoms with E-state index in [1.807, 2.05) is 18.6 Å². The van der Waals surface area contributed by atoms with Gasteiger partial charge in [0.25, 0.3) is 0 Å². The number of aliphatic hydroxyl groups excluding tert-OH is 1. The minimum Gasteiger partial charge on any atom is -0.391 e. The van der Waals surface area contributed by atoms with Crippen molar-refractivity contribution in [3.05, 3.63) is 58.7 Å². The lowest BCUT2D eigenvalue weighted by Crippen LogP contribution is -2.36. The van der Waals surface area contributed by atoms with Crippen molar-refractivity contribution in [3.8, 4) is 11.3 Å². The van der Waals surface area contributed by atoms with Crippen molar-refractivity contribution in [2.24, 2.45) is 0 Å². The first-order valence-electron chi connectivity index (χ1n) is 11.4. The molecule has 32 heavy (non-hydrogen) atoms. The molecule has 0 amide bonds. The molecule has 2 atom stereocenters. The lowest BCUT2D eigenvalue weighted by Gasteiger charge is -2.36. The Morgan fingerprint density at radius 1 is 0.969 bits per heavy atom. The summed E-state index contributed by atoms with van der Waals surface area (Å²) in [4.78, 5) is 23.4. The lowest BCUT2D eigenvalue weighted by atomic mass is 9.98. The summed E-state index contributed by atoms with van der Waals surface area (Å²) in [5, 5.41) is 9.84. The summed E-state index contributed by atoms with van der Waals surface area (Å²) >= 11 is 0. The van der Waals surface area contributed by atoms with Crippen molar-refractivity contribution < 1.29 is 5.11 Å². The molecule has 166 valence electrons. The van der Waals surface area contributed by atoms with Crippen molar-refractivity contribution >= 4 is 11.8 Å². The highest BCUT2D eigenvalue weighted by Gasteiger charge is 2.29. The van der Waals surface area contributed by atoms with Crippen molar-refractivity contribution in [3.63, 3.8) is 0 Å². The number of hydrogen-bond acceptors (Lipinski definition) is 7. The fourth-order valence-electron chi connectivity index (χ4n) is 4.86. The molecule has 5 heterocycles. The van der Waals surface area contributed by atoms with Gasteiger partial charge in [-0.3, -0.25) is 4.98 Å². The van der Waals surface area contributed by atoms with Gasteiger partial charge in [0.05, 0.1) is 23.5 Å². The Morgan fingerprint density at radius 2 is 1.81 bits per heavy atom. The maximum Gasteiger partial charge on any atom is 0.225 e. The molecular weight excluding hydrogens is 400 g/mol. The molecular formula is C25H30N6O. The second kappa shape index (κ2) is 8.13. The molecule has 0 spiro atoms. The van der Waals surface area contributed by atoms with Crippen LogP contribution in [0, 0.1) is 20.8 Å². The number of nitrogens with zero attached hydrogens (tertiary/aromatic N) is 6. The van der Waals surface area contributed by atoms with Crippen LogP contribution in [0.25, 0.3) is 11.3 Å². The molecule has 0 saturated carbocycles. The van der Waals surface area contributed by atoms with Gasteiger partial charge in [0.1, 0.15) is 5.82 Å². The molecule has 3 aromatic heterocycles. The highest BCUT2D eigenvalue weighted by molar-refractivity contribution is 5.70. The van der Waals surface area contributed by atoms with Gasteiger partial charge < -0.3 is 14.9 Å². The summed E-state index contributed by atoms with van der Waals surface area (Å²) in [5.74, 6) is 1.69. The van der Waals surface area contributed by atoms with E-state index in [1.54, 1.807) is 0 Å². The monoisotopic (exact) mass is 430 g/mol. The van der Waals surface area contributed by atoms with E-state index in [9.17, 15) is 5.11 Å². The van der Waals surface area contributed by atoms with Gasteiger partial charge in [-0.1, -0.05) is 6.07 Å². The van der Waals surface area contributed by atoms with Crippen LogP contribution >= 0.6 is 0 Å². The number of aliphatic hydroxyl groups is 1. The highest BCUT2D eigenvalue weighted by Crippen LogP contribution is 2.35. The molecule has 5 rings (SSSR count). The normalized spacial score (nSPS) is 20.5. The van der Waals surface area contributed by atoms with E-state index in [4.69, 9.17) is 15.0 Å². The molecule has 2 unspecified atom stereocenters. The van der Waals surface area contributed by atoms with Gasteiger partial charge in [-0.2, -0.15) is 0 Å². The molecule has 2 aliphatic rings. The molecule has 1 N–H and O–H groups in total. The third kappa shape index (κ3) is 3.71. The fourth-order valence-corrected chi connectivity index (χ4v) is 4.86. The smallest absolute Gasteiger partial charge is 0.225 e. The van der Waals surface area contributed by atoms with E-state index in [0.29, 0.717) is 6.54 Å². The number of anilines is 2. The number of aromatic nitrogens is 4. The van der Waals surface area contributed by atoms with Crippen LogP contribution in [0.2, 0.25) is 0 Å². The molecule has 7 heteroatoms. The predicted octanol–water partition coefficient (Wildman–Crippen LogP) is 3.55. The van der Waals surface area contributed by atoms with Crippen LogP contribution < -0.4 is 9.80 Å². The van der Waals surface area contributed by atoms with Gasteiger partial charge in [-0.15, -0.1) is 0 Å². The predicted molar refractivity (Wildman–Crippen MR) is 126 cm³/mol. The van der Waals surface area contributed by atoms with Gasteiger partial charge in [0.15, 0.2) is 0 Å². The summed E-state index contributed by atoms with van der Waals surface area (Å²) in [5.41, 5.74) is 7.86. The Bertz CT molecular complexity index is 1160. The Labute approximate surface area is 189 Å². The van der Waals surface area contributed by atoms with Crippen molar-refractivity contribution in [1.82, 2.24) is 19.9 Å². The van der Waals surface area contributed by atoms with Crippen LogP contribution in [0.3, 0.4) is 0 Å². The summed E-state index contributed by atoms with van der Waals surface area (Å²) in [7, 11) is 0. The van der Waals surface area contributed by atoms with E-state index in [-0.39, 0.29) is 12.1 Å². The zero-order chi connectivity index (χ0) is 22.4. The SMILES string of the molecule is Cc1cnc(-c2cc(N3CCc4nc(N5CCC(O)C5)ncc4C3C)ncc2C)c(C)c1. The highest BCUT2D eigenvalue weighted by atomic mass is 16.3. The van der Waals surface area contributed by atoms with E-state index in [0.717, 1.165) is 65.8 Å². The molecule has 2 aliphatic heterocycles. The number of pyridine rings is 2. The second-order valence-electron chi connectivity index (χ2n) is 9.12. The first-order chi connectivity index (χ1) is 15.4. The Hall–Kier alpha value is -3.06. The molecule has 0 radical (unpaired) electrons. The van der Waals surface area contributed by atoms with Gasteiger partial charge in [-0.25, -0.2) is 15.0 Å². The van der Waals surface area contributed by atoms with Crippen LogP contribution in [0.1, 0.15) is 47.3 Å². The van der Waals surface area contributed by atoms with Gasteiger partial charge in [0, 0.05) is 55.8 Å². The number of rotatable bonds is 3. The largest absolute Gasteiger partial charge is 0.391 e. The van der Waals surface area contributed by atoms with Crippen LogP contribution in [0.5, 0.6) is 0 Å².